The Morgan fingerprint density at radius 2 is 2.11 bits per heavy atom. The quantitative estimate of drug-likeness (QED) is 0.901. The SMILES string of the molecule is CC(N)c1cc(F)ccc1-n1cnc2c1CCCC2. The van der Waals surface area contributed by atoms with Crippen molar-refractivity contribution in [3.05, 3.63) is 47.3 Å². The van der Waals surface area contributed by atoms with Crippen LogP contribution in [0.1, 0.15) is 42.8 Å². The van der Waals surface area contributed by atoms with Crippen LogP contribution in [0.4, 0.5) is 4.39 Å². The third-order valence-electron chi connectivity index (χ3n) is 3.77. The first kappa shape index (κ1) is 12.4. The van der Waals surface area contributed by atoms with Crippen molar-refractivity contribution in [2.45, 2.75) is 38.6 Å². The van der Waals surface area contributed by atoms with E-state index in [1.54, 1.807) is 6.07 Å². The van der Waals surface area contributed by atoms with E-state index in [9.17, 15) is 4.39 Å². The minimum absolute atomic E-state index is 0.202. The number of benzene rings is 1. The van der Waals surface area contributed by atoms with Crippen molar-refractivity contribution in [3.63, 3.8) is 0 Å². The zero-order chi connectivity index (χ0) is 13.4. The number of aryl methyl sites for hydroxylation is 1. The number of halogens is 1. The van der Waals surface area contributed by atoms with Crippen LogP contribution >= 0.6 is 0 Å². The zero-order valence-corrected chi connectivity index (χ0v) is 11.1. The minimum atomic E-state index is -0.245. The molecule has 3 rings (SSSR count). The Hall–Kier alpha value is -1.68. The molecule has 0 amide bonds. The second-order valence-electron chi connectivity index (χ2n) is 5.21. The topological polar surface area (TPSA) is 43.8 Å². The molecule has 2 aromatic rings. The Balaban J connectivity index is 2.14. The molecule has 0 saturated carbocycles. The van der Waals surface area contributed by atoms with Crippen molar-refractivity contribution >= 4 is 0 Å². The number of rotatable bonds is 2. The summed E-state index contributed by atoms with van der Waals surface area (Å²) in [5.41, 5.74) is 10.2. The van der Waals surface area contributed by atoms with Crippen molar-refractivity contribution in [2.75, 3.05) is 0 Å². The molecule has 19 heavy (non-hydrogen) atoms. The molecule has 1 atom stereocenters. The van der Waals surface area contributed by atoms with Gasteiger partial charge in [-0.25, -0.2) is 9.37 Å². The number of hydrogen-bond acceptors (Lipinski definition) is 2. The van der Waals surface area contributed by atoms with Gasteiger partial charge in [-0.05, 0) is 56.4 Å². The molecule has 1 aliphatic carbocycles. The van der Waals surface area contributed by atoms with Crippen LogP contribution < -0.4 is 5.73 Å². The first-order chi connectivity index (χ1) is 9.16. The largest absolute Gasteiger partial charge is 0.324 e. The molecule has 1 heterocycles. The molecule has 1 aromatic carbocycles. The normalized spacial score (nSPS) is 16.2. The Morgan fingerprint density at radius 1 is 1.32 bits per heavy atom. The molecule has 3 nitrogen and oxygen atoms in total. The van der Waals surface area contributed by atoms with Crippen molar-refractivity contribution in [2.24, 2.45) is 5.73 Å². The van der Waals surface area contributed by atoms with Gasteiger partial charge in [0.05, 0.1) is 17.7 Å². The van der Waals surface area contributed by atoms with E-state index in [-0.39, 0.29) is 11.9 Å². The number of aromatic nitrogens is 2. The van der Waals surface area contributed by atoms with Gasteiger partial charge < -0.3 is 10.3 Å². The van der Waals surface area contributed by atoms with Crippen LogP contribution in [0.25, 0.3) is 5.69 Å². The van der Waals surface area contributed by atoms with Gasteiger partial charge in [-0.3, -0.25) is 0 Å². The van der Waals surface area contributed by atoms with Crippen LogP contribution in [0.3, 0.4) is 0 Å². The summed E-state index contributed by atoms with van der Waals surface area (Å²) in [6.45, 7) is 1.88. The number of fused-ring (bicyclic) bond motifs is 1. The van der Waals surface area contributed by atoms with E-state index in [1.807, 2.05) is 13.3 Å². The van der Waals surface area contributed by atoms with Crippen LogP contribution in [0, 0.1) is 5.82 Å². The van der Waals surface area contributed by atoms with Crippen molar-refractivity contribution in [1.29, 1.82) is 0 Å². The Bertz CT molecular complexity index is 601. The summed E-state index contributed by atoms with van der Waals surface area (Å²) >= 11 is 0. The maximum Gasteiger partial charge on any atom is 0.123 e. The first-order valence-electron chi connectivity index (χ1n) is 6.77. The summed E-state index contributed by atoms with van der Waals surface area (Å²) in [5.74, 6) is -0.245. The highest BCUT2D eigenvalue weighted by molar-refractivity contribution is 5.45. The standard InChI is InChI=1S/C15H18FN3/c1-10(17)12-8-11(16)6-7-14(12)19-9-18-13-4-2-3-5-15(13)19/h6-10H,2-5,17H2,1H3. The van der Waals surface area contributed by atoms with Gasteiger partial charge in [0.1, 0.15) is 5.82 Å². The van der Waals surface area contributed by atoms with Gasteiger partial charge in [0.15, 0.2) is 0 Å². The Morgan fingerprint density at radius 3 is 2.89 bits per heavy atom. The van der Waals surface area contributed by atoms with Crippen molar-refractivity contribution in [3.8, 4) is 5.69 Å². The predicted octanol–water partition coefficient (Wildman–Crippen LogP) is 2.91. The van der Waals surface area contributed by atoms with Gasteiger partial charge >= 0.3 is 0 Å². The molecule has 1 unspecified atom stereocenters. The fourth-order valence-electron chi connectivity index (χ4n) is 2.79. The van der Waals surface area contributed by atoms with E-state index in [0.29, 0.717) is 0 Å². The fraction of sp³-hybridized carbons (Fsp3) is 0.400. The molecule has 1 aromatic heterocycles. The van der Waals surface area contributed by atoms with Gasteiger partial charge in [-0.2, -0.15) is 0 Å². The molecule has 0 fully saturated rings. The van der Waals surface area contributed by atoms with Crippen LogP contribution in [0.2, 0.25) is 0 Å². The lowest BCUT2D eigenvalue weighted by atomic mass is 10.00. The molecule has 0 aliphatic heterocycles. The molecule has 0 radical (unpaired) electrons. The second kappa shape index (κ2) is 4.78. The minimum Gasteiger partial charge on any atom is -0.324 e. The summed E-state index contributed by atoms with van der Waals surface area (Å²) in [5, 5.41) is 0. The number of hydrogen-bond donors (Lipinski definition) is 1. The van der Waals surface area contributed by atoms with Crippen molar-refractivity contribution in [1.82, 2.24) is 9.55 Å². The van der Waals surface area contributed by atoms with Crippen LogP contribution in [-0.2, 0) is 12.8 Å². The summed E-state index contributed by atoms with van der Waals surface area (Å²) in [6.07, 6.45) is 6.30. The van der Waals surface area contributed by atoms with E-state index in [2.05, 4.69) is 9.55 Å². The molecular formula is C15H18FN3. The maximum absolute atomic E-state index is 13.4. The third-order valence-corrected chi connectivity index (χ3v) is 3.77. The smallest absolute Gasteiger partial charge is 0.123 e. The summed E-state index contributed by atoms with van der Waals surface area (Å²) < 4.78 is 15.5. The number of nitrogens with zero attached hydrogens (tertiary/aromatic N) is 2. The highest BCUT2D eigenvalue weighted by Crippen LogP contribution is 2.27. The maximum atomic E-state index is 13.4. The van der Waals surface area contributed by atoms with E-state index in [4.69, 9.17) is 5.73 Å². The van der Waals surface area contributed by atoms with E-state index >= 15 is 0 Å². The molecule has 1 aliphatic rings. The molecule has 2 N–H and O–H groups in total. The molecule has 0 bridgehead atoms. The Kier molecular flexibility index (Phi) is 3.11. The van der Waals surface area contributed by atoms with Crippen LogP contribution in [-0.4, -0.2) is 9.55 Å². The van der Waals surface area contributed by atoms with Gasteiger partial charge in [0.25, 0.3) is 0 Å². The fourth-order valence-corrected chi connectivity index (χ4v) is 2.79. The molecular weight excluding hydrogens is 241 g/mol. The van der Waals surface area contributed by atoms with E-state index < -0.39 is 0 Å². The molecule has 0 spiro atoms. The average molecular weight is 259 g/mol. The lowest BCUT2D eigenvalue weighted by Crippen LogP contribution is -2.13. The van der Waals surface area contributed by atoms with Gasteiger partial charge in [-0.15, -0.1) is 0 Å². The summed E-state index contributed by atoms with van der Waals surface area (Å²) in [6, 6.07) is 4.60. The molecule has 4 heteroatoms. The zero-order valence-electron chi connectivity index (χ0n) is 11.1. The van der Waals surface area contributed by atoms with E-state index in [1.165, 1.54) is 36.4 Å². The van der Waals surface area contributed by atoms with E-state index in [0.717, 1.165) is 24.1 Å². The monoisotopic (exact) mass is 259 g/mol. The Labute approximate surface area is 112 Å². The van der Waals surface area contributed by atoms with Gasteiger partial charge in [-0.1, -0.05) is 0 Å². The second-order valence-corrected chi connectivity index (χ2v) is 5.21. The first-order valence-corrected chi connectivity index (χ1v) is 6.77. The average Bonchev–Trinajstić information content (AvgIpc) is 2.82. The molecule has 0 saturated heterocycles. The highest BCUT2D eigenvalue weighted by Gasteiger charge is 2.18. The van der Waals surface area contributed by atoms with Crippen LogP contribution in [0.5, 0.6) is 0 Å². The van der Waals surface area contributed by atoms with Crippen LogP contribution in [0.15, 0.2) is 24.5 Å². The number of imidazole rings is 1. The van der Waals surface area contributed by atoms with Gasteiger partial charge in [0.2, 0.25) is 0 Å². The predicted molar refractivity (Wildman–Crippen MR) is 72.8 cm³/mol. The molecule has 100 valence electrons. The summed E-state index contributed by atoms with van der Waals surface area (Å²) in [7, 11) is 0. The lowest BCUT2D eigenvalue weighted by molar-refractivity contribution is 0.619. The lowest BCUT2D eigenvalue weighted by Gasteiger charge is -2.18. The van der Waals surface area contributed by atoms with Gasteiger partial charge in [0, 0.05) is 11.7 Å². The van der Waals surface area contributed by atoms with Crippen molar-refractivity contribution < 1.29 is 4.39 Å². The summed E-state index contributed by atoms with van der Waals surface area (Å²) in [4.78, 5) is 4.48. The number of nitrogens with two attached hydrogens (primary N) is 1. The third kappa shape index (κ3) is 2.16. The highest BCUT2D eigenvalue weighted by atomic mass is 19.1.